The van der Waals surface area contributed by atoms with Crippen molar-refractivity contribution in [2.45, 2.75) is 6.54 Å². The predicted molar refractivity (Wildman–Crippen MR) is 87.7 cm³/mol. The maximum Gasteiger partial charge on any atom is 0.143 e. The number of hydrogen-bond donors (Lipinski definition) is 0. The van der Waals surface area contributed by atoms with E-state index in [0.29, 0.717) is 0 Å². The Morgan fingerprint density at radius 1 is 1.17 bits per heavy atom. The molecule has 1 saturated heterocycles. The molecule has 23 heavy (non-hydrogen) atoms. The van der Waals surface area contributed by atoms with Crippen molar-refractivity contribution in [1.82, 2.24) is 9.88 Å². The minimum atomic E-state index is -0.457. The lowest BCUT2D eigenvalue weighted by Crippen LogP contribution is -2.35. The lowest BCUT2D eigenvalue weighted by atomic mass is 10.1. The molecule has 1 aliphatic rings. The van der Waals surface area contributed by atoms with E-state index in [-0.39, 0.29) is 10.7 Å². The summed E-state index contributed by atoms with van der Waals surface area (Å²) in [5, 5.41) is 0.125. The highest BCUT2D eigenvalue weighted by Crippen LogP contribution is 2.11. The zero-order chi connectivity index (χ0) is 16.1. The highest BCUT2D eigenvalue weighted by atomic mass is 35.5. The molecular formula is C18H16ClFN2O. The van der Waals surface area contributed by atoms with Crippen LogP contribution in [0.15, 0.2) is 36.5 Å². The van der Waals surface area contributed by atoms with Gasteiger partial charge in [-0.05, 0) is 17.7 Å². The molecule has 2 heterocycles. The first-order valence-corrected chi connectivity index (χ1v) is 7.80. The van der Waals surface area contributed by atoms with Gasteiger partial charge in [0.05, 0.1) is 18.8 Å². The quantitative estimate of drug-likeness (QED) is 0.625. The Balaban J connectivity index is 1.66. The Hall–Kier alpha value is -1.93. The Kier molecular flexibility index (Phi) is 5.24. The van der Waals surface area contributed by atoms with Crippen molar-refractivity contribution in [3.05, 3.63) is 64.2 Å². The fraction of sp³-hybridized carbons (Fsp3) is 0.278. The van der Waals surface area contributed by atoms with E-state index in [9.17, 15) is 4.39 Å². The van der Waals surface area contributed by atoms with Gasteiger partial charge in [-0.15, -0.1) is 0 Å². The number of halogens is 2. The molecule has 1 fully saturated rings. The first kappa shape index (κ1) is 15.9. The predicted octanol–water partition coefficient (Wildman–Crippen LogP) is 3.11. The molecule has 5 heteroatoms. The van der Waals surface area contributed by atoms with Gasteiger partial charge in [-0.1, -0.05) is 35.6 Å². The van der Waals surface area contributed by atoms with Crippen LogP contribution in [-0.2, 0) is 11.3 Å². The molecule has 3 nitrogen and oxygen atoms in total. The summed E-state index contributed by atoms with van der Waals surface area (Å²) in [5.74, 6) is 5.27. The Morgan fingerprint density at radius 2 is 1.91 bits per heavy atom. The number of nitrogens with zero attached hydrogens (tertiary/aromatic N) is 2. The minimum absolute atomic E-state index is 0.125. The van der Waals surface area contributed by atoms with Gasteiger partial charge in [-0.2, -0.15) is 0 Å². The average molecular weight is 331 g/mol. The maximum atomic E-state index is 13.6. The molecule has 0 N–H and O–H groups in total. The molecule has 0 amide bonds. The van der Waals surface area contributed by atoms with Crippen LogP contribution in [0.1, 0.15) is 16.7 Å². The number of ether oxygens (including phenoxy) is 1. The SMILES string of the molecule is Fc1cc(Cl)ncc1C#Cc1ccc(CN2CCOCC2)cc1. The van der Waals surface area contributed by atoms with E-state index in [2.05, 4.69) is 33.9 Å². The molecule has 0 atom stereocenters. The van der Waals surface area contributed by atoms with Crippen molar-refractivity contribution in [2.24, 2.45) is 0 Å². The summed E-state index contributed by atoms with van der Waals surface area (Å²) in [6.45, 7) is 4.43. The second-order valence-electron chi connectivity index (χ2n) is 5.32. The topological polar surface area (TPSA) is 25.4 Å². The van der Waals surface area contributed by atoms with Crippen LogP contribution in [0.3, 0.4) is 0 Å². The molecule has 0 radical (unpaired) electrons. The third-order valence-corrected chi connectivity index (χ3v) is 3.83. The number of benzene rings is 1. The molecule has 0 saturated carbocycles. The number of pyridine rings is 1. The van der Waals surface area contributed by atoms with Crippen molar-refractivity contribution in [1.29, 1.82) is 0 Å². The van der Waals surface area contributed by atoms with Gasteiger partial charge in [0.25, 0.3) is 0 Å². The fourth-order valence-corrected chi connectivity index (χ4v) is 2.49. The molecule has 0 unspecified atom stereocenters. The second-order valence-corrected chi connectivity index (χ2v) is 5.71. The molecule has 0 bridgehead atoms. The number of rotatable bonds is 2. The summed E-state index contributed by atoms with van der Waals surface area (Å²) in [6, 6.07) is 9.16. The van der Waals surface area contributed by atoms with Crippen LogP contribution in [-0.4, -0.2) is 36.2 Å². The van der Waals surface area contributed by atoms with Gasteiger partial charge >= 0.3 is 0 Å². The van der Waals surface area contributed by atoms with Gasteiger partial charge in [-0.25, -0.2) is 9.37 Å². The Morgan fingerprint density at radius 3 is 2.61 bits per heavy atom. The van der Waals surface area contributed by atoms with Crippen LogP contribution in [0, 0.1) is 17.7 Å². The third-order valence-electron chi connectivity index (χ3n) is 3.63. The highest BCUT2D eigenvalue weighted by molar-refractivity contribution is 6.29. The average Bonchev–Trinajstić information content (AvgIpc) is 2.56. The normalized spacial score (nSPS) is 15.0. The van der Waals surface area contributed by atoms with Crippen LogP contribution in [0.5, 0.6) is 0 Å². The molecule has 1 aromatic carbocycles. The number of hydrogen-bond acceptors (Lipinski definition) is 3. The molecule has 2 aromatic rings. The van der Waals surface area contributed by atoms with E-state index < -0.39 is 5.82 Å². The van der Waals surface area contributed by atoms with Crippen LogP contribution in [0.2, 0.25) is 5.15 Å². The number of aromatic nitrogens is 1. The standard InChI is InChI=1S/C18H16ClFN2O/c19-18-11-17(20)16(12-21-18)6-5-14-1-3-15(4-2-14)13-22-7-9-23-10-8-22/h1-4,11-12H,7-10,13H2. The van der Waals surface area contributed by atoms with Crippen molar-refractivity contribution in [3.8, 4) is 11.8 Å². The van der Waals surface area contributed by atoms with Crippen LogP contribution in [0.4, 0.5) is 4.39 Å². The highest BCUT2D eigenvalue weighted by Gasteiger charge is 2.10. The molecular weight excluding hydrogens is 315 g/mol. The van der Waals surface area contributed by atoms with Crippen molar-refractivity contribution >= 4 is 11.6 Å². The van der Waals surface area contributed by atoms with Crippen LogP contribution in [0.25, 0.3) is 0 Å². The smallest absolute Gasteiger partial charge is 0.143 e. The molecule has 118 valence electrons. The Labute approximate surface area is 140 Å². The summed E-state index contributed by atoms with van der Waals surface area (Å²) in [6.07, 6.45) is 1.34. The summed E-state index contributed by atoms with van der Waals surface area (Å²) in [5.41, 5.74) is 2.31. The van der Waals surface area contributed by atoms with E-state index in [1.807, 2.05) is 12.1 Å². The van der Waals surface area contributed by atoms with E-state index in [1.54, 1.807) is 0 Å². The molecule has 3 rings (SSSR count). The van der Waals surface area contributed by atoms with E-state index in [4.69, 9.17) is 16.3 Å². The van der Waals surface area contributed by atoms with Crippen LogP contribution >= 0.6 is 11.6 Å². The van der Waals surface area contributed by atoms with Gasteiger partial charge in [-0.3, -0.25) is 4.90 Å². The lowest BCUT2D eigenvalue weighted by Gasteiger charge is -2.26. The monoisotopic (exact) mass is 330 g/mol. The second kappa shape index (κ2) is 7.56. The number of morpholine rings is 1. The molecule has 1 aromatic heterocycles. The first-order valence-electron chi connectivity index (χ1n) is 7.43. The third kappa shape index (κ3) is 4.52. The lowest BCUT2D eigenvalue weighted by molar-refractivity contribution is 0.0342. The summed E-state index contributed by atoms with van der Waals surface area (Å²) in [7, 11) is 0. The maximum absolute atomic E-state index is 13.6. The van der Waals surface area contributed by atoms with Crippen molar-refractivity contribution < 1.29 is 9.13 Å². The first-order chi connectivity index (χ1) is 11.2. The molecule has 1 aliphatic heterocycles. The van der Waals surface area contributed by atoms with Gasteiger partial charge in [0.2, 0.25) is 0 Å². The molecule has 0 aliphatic carbocycles. The van der Waals surface area contributed by atoms with Gasteiger partial charge in [0.1, 0.15) is 11.0 Å². The van der Waals surface area contributed by atoms with E-state index >= 15 is 0 Å². The Bertz CT molecular complexity index is 731. The summed E-state index contributed by atoms with van der Waals surface area (Å²) < 4.78 is 19.0. The van der Waals surface area contributed by atoms with Crippen molar-refractivity contribution in [2.75, 3.05) is 26.3 Å². The summed E-state index contributed by atoms with van der Waals surface area (Å²) in [4.78, 5) is 6.20. The zero-order valence-corrected chi connectivity index (χ0v) is 13.3. The summed E-state index contributed by atoms with van der Waals surface area (Å²) >= 11 is 5.62. The molecule has 0 spiro atoms. The van der Waals surface area contributed by atoms with E-state index in [1.165, 1.54) is 11.8 Å². The van der Waals surface area contributed by atoms with Crippen LogP contribution < -0.4 is 0 Å². The minimum Gasteiger partial charge on any atom is -0.379 e. The largest absolute Gasteiger partial charge is 0.379 e. The van der Waals surface area contributed by atoms with Gasteiger partial charge in [0, 0.05) is 37.5 Å². The van der Waals surface area contributed by atoms with Gasteiger partial charge < -0.3 is 4.74 Å². The fourth-order valence-electron chi connectivity index (χ4n) is 2.35. The van der Waals surface area contributed by atoms with E-state index in [0.717, 1.165) is 44.5 Å². The zero-order valence-electron chi connectivity index (χ0n) is 12.6. The van der Waals surface area contributed by atoms with Gasteiger partial charge in [0.15, 0.2) is 0 Å². The van der Waals surface area contributed by atoms with Crippen molar-refractivity contribution in [3.63, 3.8) is 0 Å².